The summed E-state index contributed by atoms with van der Waals surface area (Å²) in [5, 5.41) is 8.82. The summed E-state index contributed by atoms with van der Waals surface area (Å²) in [5.41, 5.74) is 3.60. The lowest BCUT2D eigenvalue weighted by Gasteiger charge is -2.13. The summed E-state index contributed by atoms with van der Waals surface area (Å²) in [7, 11) is 0. The number of hydrazone groups is 1. The van der Waals surface area contributed by atoms with Crippen LogP contribution >= 0.6 is 0 Å². The molecule has 0 bridgehead atoms. The van der Waals surface area contributed by atoms with Gasteiger partial charge in [0.15, 0.2) is 18.1 Å². The van der Waals surface area contributed by atoms with Gasteiger partial charge in [0.2, 0.25) is 11.8 Å². The Morgan fingerprint density at radius 1 is 0.829 bits per heavy atom. The van der Waals surface area contributed by atoms with Crippen molar-refractivity contribution < 1.29 is 37.8 Å². The number of carbonyl (C=O) groups is 4. The van der Waals surface area contributed by atoms with Crippen molar-refractivity contribution in [2.45, 2.75) is 20.3 Å². The van der Waals surface area contributed by atoms with Gasteiger partial charge in [-0.2, -0.15) is 5.10 Å². The highest BCUT2D eigenvalue weighted by Gasteiger charge is 2.12. The maximum atomic E-state index is 13.6. The van der Waals surface area contributed by atoms with Crippen LogP contribution in [0.3, 0.4) is 0 Å². The van der Waals surface area contributed by atoms with E-state index in [0.29, 0.717) is 34.9 Å². The quantitative estimate of drug-likeness (QED) is 0.124. The maximum Gasteiger partial charge on any atom is 0.338 e. The predicted octanol–water partition coefficient (Wildman–Crippen LogP) is 3.90. The maximum absolute atomic E-state index is 13.6. The van der Waals surface area contributed by atoms with E-state index < -0.39 is 35.9 Å². The van der Waals surface area contributed by atoms with E-state index in [1.807, 2.05) is 0 Å². The van der Waals surface area contributed by atoms with Crippen LogP contribution in [-0.4, -0.2) is 49.7 Å². The largest absolute Gasteiger partial charge is 0.490 e. The number of nitrogens with zero attached hydrogens (tertiary/aromatic N) is 1. The number of para-hydroxylation sites is 1. The van der Waals surface area contributed by atoms with Crippen LogP contribution in [0, 0.1) is 5.82 Å². The first kappa shape index (κ1) is 30.3. The van der Waals surface area contributed by atoms with Crippen LogP contribution in [0.15, 0.2) is 71.8 Å². The van der Waals surface area contributed by atoms with Crippen molar-refractivity contribution in [3.8, 4) is 11.5 Å². The molecule has 0 atom stereocenters. The fourth-order valence-electron chi connectivity index (χ4n) is 3.36. The van der Waals surface area contributed by atoms with E-state index in [1.54, 1.807) is 62.4 Å². The van der Waals surface area contributed by atoms with Crippen molar-refractivity contribution in [2.24, 2.45) is 5.10 Å². The van der Waals surface area contributed by atoms with Gasteiger partial charge in [0, 0.05) is 5.69 Å². The Bertz CT molecular complexity index is 1410. The van der Waals surface area contributed by atoms with Gasteiger partial charge in [-0.05, 0) is 74.0 Å². The van der Waals surface area contributed by atoms with Crippen LogP contribution in [0.2, 0.25) is 0 Å². The minimum Gasteiger partial charge on any atom is -0.490 e. The number of hydrogen-bond acceptors (Lipinski definition) is 8. The molecule has 11 nitrogen and oxygen atoms in total. The molecular formula is C29H29FN4O7. The molecular weight excluding hydrogens is 535 g/mol. The molecule has 0 radical (unpaired) electrons. The third-order valence-corrected chi connectivity index (χ3v) is 5.18. The second-order valence-corrected chi connectivity index (χ2v) is 8.27. The van der Waals surface area contributed by atoms with Gasteiger partial charge in [0.05, 0.1) is 30.7 Å². The normalized spacial score (nSPS) is 10.5. The van der Waals surface area contributed by atoms with Crippen LogP contribution in [-0.2, 0) is 19.1 Å². The van der Waals surface area contributed by atoms with E-state index in [9.17, 15) is 23.6 Å². The van der Waals surface area contributed by atoms with Gasteiger partial charge in [-0.25, -0.2) is 14.6 Å². The summed E-state index contributed by atoms with van der Waals surface area (Å²) in [6.07, 6.45) is 0.784. The van der Waals surface area contributed by atoms with Crippen molar-refractivity contribution in [3.63, 3.8) is 0 Å². The highest BCUT2D eigenvalue weighted by Crippen LogP contribution is 2.28. The molecule has 41 heavy (non-hydrogen) atoms. The number of hydrogen-bond donors (Lipinski definition) is 3. The van der Waals surface area contributed by atoms with Crippen molar-refractivity contribution in [1.29, 1.82) is 0 Å². The summed E-state index contributed by atoms with van der Waals surface area (Å²) in [5.74, 6) is -2.22. The Morgan fingerprint density at radius 2 is 1.59 bits per heavy atom. The lowest BCUT2D eigenvalue weighted by atomic mass is 10.2. The predicted molar refractivity (Wildman–Crippen MR) is 150 cm³/mol. The summed E-state index contributed by atoms with van der Waals surface area (Å²) < 4.78 is 29.8. The molecule has 0 heterocycles. The van der Waals surface area contributed by atoms with E-state index >= 15 is 0 Å². The van der Waals surface area contributed by atoms with Crippen LogP contribution in [0.5, 0.6) is 11.5 Å². The first-order valence-electron chi connectivity index (χ1n) is 12.6. The molecule has 214 valence electrons. The highest BCUT2D eigenvalue weighted by molar-refractivity contribution is 6.03. The van der Waals surface area contributed by atoms with Gasteiger partial charge in [-0.1, -0.05) is 12.1 Å². The van der Waals surface area contributed by atoms with Gasteiger partial charge >= 0.3 is 5.97 Å². The number of ether oxygens (including phenoxy) is 3. The van der Waals surface area contributed by atoms with E-state index in [0.717, 1.165) is 0 Å². The summed E-state index contributed by atoms with van der Waals surface area (Å²) in [6, 6.07) is 16.7. The minimum atomic E-state index is -0.694. The second kappa shape index (κ2) is 15.4. The summed E-state index contributed by atoms with van der Waals surface area (Å²) in [6.45, 7) is 3.78. The van der Waals surface area contributed by atoms with Gasteiger partial charge in [-0.15, -0.1) is 0 Å². The van der Waals surface area contributed by atoms with E-state index in [2.05, 4.69) is 21.2 Å². The third kappa shape index (κ3) is 9.77. The summed E-state index contributed by atoms with van der Waals surface area (Å²) >= 11 is 0. The van der Waals surface area contributed by atoms with Crippen LogP contribution < -0.4 is 25.5 Å². The van der Waals surface area contributed by atoms with Crippen LogP contribution in [0.1, 0.15) is 36.2 Å². The Balaban J connectivity index is 1.50. The molecule has 3 aromatic rings. The number of anilines is 2. The summed E-state index contributed by atoms with van der Waals surface area (Å²) in [4.78, 5) is 48.1. The molecule has 0 saturated carbocycles. The minimum absolute atomic E-state index is 0.0262. The lowest BCUT2D eigenvalue weighted by Crippen LogP contribution is -2.24. The zero-order chi connectivity index (χ0) is 29.6. The molecule has 0 aliphatic carbocycles. The average Bonchev–Trinajstić information content (AvgIpc) is 2.94. The van der Waals surface area contributed by atoms with E-state index in [4.69, 9.17) is 14.2 Å². The number of esters is 1. The Morgan fingerprint density at radius 3 is 2.29 bits per heavy atom. The first-order chi connectivity index (χ1) is 19.8. The van der Waals surface area contributed by atoms with Crippen LogP contribution in [0.4, 0.5) is 15.8 Å². The molecule has 0 saturated heterocycles. The van der Waals surface area contributed by atoms with Gasteiger partial charge in [0.25, 0.3) is 5.91 Å². The van der Waals surface area contributed by atoms with Crippen molar-refractivity contribution >= 4 is 41.3 Å². The molecule has 3 amide bonds. The monoisotopic (exact) mass is 564 g/mol. The number of rotatable bonds is 13. The van der Waals surface area contributed by atoms with Crippen molar-refractivity contribution in [1.82, 2.24) is 5.43 Å². The number of nitrogens with one attached hydrogen (secondary N) is 3. The zero-order valence-corrected chi connectivity index (χ0v) is 22.4. The number of carbonyl (C=O) groups excluding carboxylic acids is 4. The van der Waals surface area contributed by atoms with Crippen LogP contribution in [0.25, 0.3) is 0 Å². The first-order valence-corrected chi connectivity index (χ1v) is 12.6. The zero-order valence-electron chi connectivity index (χ0n) is 22.4. The number of benzene rings is 3. The number of halogens is 1. The molecule has 0 spiro atoms. The average molecular weight is 565 g/mol. The topological polar surface area (TPSA) is 144 Å². The van der Waals surface area contributed by atoms with Gasteiger partial charge in [0.1, 0.15) is 12.2 Å². The second-order valence-electron chi connectivity index (χ2n) is 8.27. The van der Waals surface area contributed by atoms with Crippen molar-refractivity contribution in [2.75, 3.05) is 30.5 Å². The molecule has 3 N–H and O–H groups in total. The fourth-order valence-corrected chi connectivity index (χ4v) is 3.36. The Kier molecular flexibility index (Phi) is 11.3. The smallest absolute Gasteiger partial charge is 0.338 e. The van der Waals surface area contributed by atoms with Crippen molar-refractivity contribution in [3.05, 3.63) is 83.7 Å². The highest BCUT2D eigenvalue weighted by atomic mass is 19.1. The molecule has 12 heteroatoms. The fraction of sp³-hybridized carbons (Fsp3) is 0.207. The number of amides is 3. The Labute approximate surface area is 235 Å². The SMILES string of the molecule is CCOC(=O)c1ccc(NC(=O)COc2ccc(C=NNC(=O)CC(=O)Nc3ccccc3F)cc2OCC)cc1. The van der Waals surface area contributed by atoms with E-state index in [-0.39, 0.29) is 18.9 Å². The molecule has 0 fully saturated rings. The molecule has 3 rings (SSSR count). The van der Waals surface area contributed by atoms with Gasteiger partial charge < -0.3 is 24.8 Å². The Hall–Kier alpha value is -5.26. The van der Waals surface area contributed by atoms with E-state index in [1.165, 1.54) is 24.4 Å². The third-order valence-electron chi connectivity index (χ3n) is 5.18. The standard InChI is InChI=1S/C29H29FN4O7/c1-3-39-25-15-19(17-31-34-27(36)16-26(35)33-23-8-6-5-7-22(23)30)9-14-24(25)41-18-28(37)32-21-12-10-20(11-13-21)29(38)40-4-2/h5-15,17H,3-4,16,18H2,1-2H3,(H,32,37)(H,33,35)(H,34,36). The molecule has 0 aromatic heterocycles. The lowest BCUT2D eigenvalue weighted by molar-refractivity contribution is -0.126. The molecule has 0 aliphatic rings. The molecule has 0 unspecified atom stereocenters. The van der Waals surface area contributed by atoms with Gasteiger partial charge in [-0.3, -0.25) is 14.4 Å². The molecule has 0 aliphatic heterocycles. The molecule has 3 aromatic carbocycles.